The minimum Gasteiger partial charge on any atom is -0.493 e. The van der Waals surface area contributed by atoms with Gasteiger partial charge in [-0.2, -0.15) is 0 Å². The molecule has 3 aromatic rings. The van der Waals surface area contributed by atoms with Crippen molar-refractivity contribution in [3.8, 4) is 5.75 Å². The lowest BCUT2D eigenvalue weighted by molar-refractivity contribution is 0.345. The number of ether oxygens (including phenoxy) is 1. The minimum atomic E-state index is 0.679. The largest absolute Gasteiger partial charge is 0.493 e. The average Bonchev–Trinajstić information content (AvgIpc) is 2.86. The fraction of sp³-hybridized carbons (Fsp3) is 0.133. The van der Waals surface area contributed by atoms with Gasteiger partial charge in [-0.3, -0.25) is 0 Å². The summed E-state index contributed by atoms with van der Waals surface area (Å²) in [5, 5.41) is 1.63. The number of fused-ring (bicyclic) bond motifs is 1. The molecule has 110 valence electrons. The molecule has 0 saturated heterocycles. The van der Waals surface area contributed by atoms with Crippen molar-refractivity contribution in [1.82, 2.24) is 4.98 Å². The lowest BCUT2D eigenvalue weighted by atomic mass is 10.3. The summed E-state index contributed by atoms with van der Waals surface area (Å²) in [7, 11) is 0. The highest BCUT2D eigenvalue weighted by Gasteiger charge is 2.02. The highest BCUT2D eigenvalue weighted by atomic mass is 79.9. The van der Waals surface area contributed by atoms with Crippen LogP contribution in [-0.4, -0.2) is 16.9 Å². The topological polar surface area (TPSA) is 22.1 Å². The second-order valence-electron chi connectivity index (χ2n) is 3.96. The standard InChI is InChI=1S/C9H8BrNOS2.C6H5Cl/c10-3-4-12-6-1-2-7-8(5-6)14-9(13)11-7;7-6-4-2-1-3-5-6/h1-2,5H,3-4H2,(H,11,13);1-5H. The lowest BCUT2D eigenvalue weighted by Gasteiger charge is -2.02. The first kappa shape index (κ1) is 16.6. The Hall–Kier alpha value is -0.750. The van der Waals surface area contributed by atoms with Gasteiger partial charge in [0.1, 0.15) is 10.1 Å². The van der Waals surface area contributed by atoms with Crippen LogP contribution in [0, 0.1) is 0 Å². The van der Waals surface area contributed by atoms with Crippen LogP contribution in [0.15, 0.2) is 52.9 Å². The molecule has 0 aliphatic heterocycles. The Bertz CT molecular complexity index is 690. The van der Waals surface area contributed by atoms with Crippen LogP contribution in [0.5, 0.6) is 5.75 Å². The molecule has 0 radical (unpaired) electrons. The quantitative estimate of drug-likeness (QED) is 0.448. The van der Waals surface area contributed by atoms with Gasteiger partial charge in [0.25, 0.3) is 0 Å². The van der Waals surface area contributed by atoms with Crippen LogP contribution in [0.2, 0.25) is 5.02 Å². The maximum atomic E-state index is 5.54. The molecule has 3 rings (SSSR count). The number of benzene rings is 2. The third-order valence-corrected chi connectivity index (χ3v) is 4.20. The van der Waals surface area contributed by atoms with Gasteiger partial charge in [0.2, 0.25) is 0 Å². The van der Waals surface area contributed by atoms with E-state index in [9.17, 15) is 0 Å². The second kappa shape index (κ2) is 8.63. The normalized spacial score (nSPS) is 10.0. The molecular formula is C15H13BrClNOS2. The maximum absolute atomic E-state index is 5.54. The molecule has 2 aromatic carbocycles. The molecule has 0 fully saturated rings. The molecule has 0 bridgehead atoms. The van der Waals surface area contributed by atoms with Crippen molar-refractivity contribution in [1.29, 1.82) is 0 Å². The number of thiol groups is 1. The van der Waals surface area contributed by atoms with Crippen LogP contribution in [0.25, 0.3) is 10.2 Å². The zero-order valence-electron chi connectivity index (χ0n) is 11.0. The van der Waals surface area contributed by atoms with Crippen molar-refractivity contribution in [2.75, 3.05) is 11.9 Å². The molecule has 1 aromatic heterocycles. The van der Waals surface area contributed by atoms with Gasteiger partial charge >= 0.3 is 0 Å². The van der Waals surface area contributed by atoms with E-state index in [-0.39, 0.29) is 0 Å². The molecule has 1 heterocycles. The van der Waals surface area contributed by atoms with Gasteiger partial charge < -0.3 is 4.74 Å². The van der Waals surface area contributed by atoms with E-state index < -0.39 is 0 Å². The number of hydrogen-bond donors (Lipinski definition) is 1. The Morgan fingerprint density at radius 1 is 1.19 bits per heavy atom. The van der Waals surface area contributed by atoms with Gasteiger partial charge in [-0.05, 0) is 30.3 Å². The summed E-state index contributed by atoms with van der Waals surface area (Å²) in [6.07, 6.45) is 0. The fourth-order valence-corrected chi connectivity index (χ4v) is 3.00. The number of rotatable bonds is 3. The number of nitrogens with zero attached hydrogens (tertiary/aromatic N) is 1. The molecule has 0 atom stereocenters. The maximum Gasteiger partial charge on any atom is 0.148 e. The number of hydrogen-bond acceptors (Lipinski definition) is 4. The molecule has 0 spiro atoms. The van der Waals surface area contributed by atoms with Gasteiger partial charge in [-0.15, -0.1) is 24.0 Å². The van der Waals surface area contributed by atoms with Crippen LogP contribution in [0.1, 0.15) is 0 Å². The molecule has 0 aliphatic rings. The van der Waals surface area contributed by atoms with Crippen LogP contribution < -0.4 is 4.74 Å². The number of aromatic nitrogens is 1. The van der Waals surface area contributed by atoms with Crippen LogP contribution in [0.3, 0.4) is 0 Å². The average molecular weight is 403 g/mol. The summed E-state index contributed by atoms with van der Waals surface area (Å²) in [6.45, 7) is 0.679. The van der Waals surface area contributed by atoms with Gasteiger partial charge in [-0.25, -0.2) is 4.98 Å². The molecule has 0 saturated carbocycles. The number of halogens is 2. The summed E-state index contributed by atoms with van der Waals surface area (Å²) >= 11 is 14.6. The predicted molar refractivity (Wildman–Crippen MR) is 97.6 cm³/mol. The lowest BCUT2D eigenvalue weighted by Crippen LogP contribution is -1.96. The zero-order chi connectivity index (χ0) is 15.1. The molecule has 0 amide bonds. The molecule has 0 unspecified atom stereocenters. The predicted octanol–water partition coefficient (Wildman–Crippen LogP) is 5.70. The van der Waals surface area contributed by atoms with E-state index >= 15 is 0 Å². The van der Waals surface area contributed by atoms with Crippen molar-refractivity contribution in [3.63, 3.8) is 0 Å². The zero-order valence-corrected chi connectivity index (χ0v) is 15.1. The second-order valence-corrected chi connectivity index (χ2v) is 6.95. The Morgan fingerprint density at radius 3 is 2.57 bits per heavy atom. The Morgan fingerprint density at radius 2 is 1.95 bits per heavy atom. The van der Waals surface area contributed by atoms with E-state index in [1.807, 2.05) is 48.5 Å². The van der Waals surface area contributed by atoms with Crippen LogP contribution in [0.4, 0.5) is 0 Å². The third-order valence-electron chi connectivity index (χ3n) is 2.43. The SMILES string of the molecule is Clc1ccccc1.Sc1nc2ccc(OCCBr)cc2s1. The molecule has 21 heavy (non-hydrogen) atoms. The minimum absolute atomic E-state index is 0.679. The molecule has 6 heteroatoms. The smallest absolute Gasteiger partial charge is 0.148 e. The van der Waals surface area contributed by atoms with Crippen molar-refractivity contribution in [3.05, 3.63) is 53.6 Å². The number of thiazole rings is 1. The fourth-order valence-electron chi connectivity index (χ4n) is 1.55. The van der Waals surface area contributed by atoms with E-state index in [0.29, 0.717) is 6.61 Å². The first-order valence-electron chi connectivity index (χ1n) is 6.18. The van der Waals surface area contributed by atoms with Gasteiger partial charge in [0.05, 0.1) is 16.8 Å². The summed E-state index contributed by atoms with van der Waals surface area (Å²) in [5.41, 5.74) is 0.978. The highest BCUT2D eigenvalue weighted by Crippen LogP contribution is 2.27. The van der Waals surface area contributed by atoms with Crippen molar-refractivity contribution in [2.45, 2.75) is 4.34 Å². The summed E-state index contributed by atoms with van der Waals surface area (Å²) in [4.78, 5) is 4.25. The van der Waals surface area contributed by atoms with Crippen molar-refractivity contribution < 1.29 is 4.74 Å². The van der Waals surface area contributed by atoms with E-state index in [2.05, 4.69) is 33.5 Å². The Kier molecular flexibility index (Phi) is 6.83. The summed E-state index contributed by atoms with van der Waals surface area (Å²) in [5.74, 6) is 0.883. The van der Waals surface area contributed by atoms with Gasteiger partial charge in [-0.1, -0.05) is 45.7 Å². The van der Waals surface area contributed by atoms with Gasteiger partial charge in [0.15, 0.2) is 0 Å². The summed E-state index contributed by atoms with van der Waals surface area (Å²) in [6, 6.07) is 15.3. The first-order valence-corrected chi connectivity index (χ1v) is 8.94. The van der Waals surface area contributed by atoms with Crippen LogP contribution >= 0.6 is 51.5 Å². The van der Waals surface area contributed by atoms with Crippen molar-refractivity contribution >= 4 is 61.7 Å². The van der Waals surface area contributed by atoms with Gasteiger partial charge in [0, 0.05) is 10.4 Å². The Labute approximate surface area is 146 Å². The molecule has 2 nitrogen and oxygen atoms in total. The van der Waals surface area contributed by atoms with E-state index in [1.54, 1.807) is 11.3 Å². The number of alkyl halides is 1. The molecule has 0 aliphatic carbocycles. The van der Waals surface area contributed by atoms with Crippen LogP contribution in [-0.2, 0) is 0 Å². The monoisotopic (exact) mass is 401 g/mol. The van der Waals surface area contributed by atoms with E-state index in [0.717, 1.165) is 30.7 Å². The summed E-state index contributed by atoms with van der Waals surface area (Å²) < 4.78 is 7.38. The van der Waals surface area contributed by atoms with Crippen molar-refractivity contribution in [2.24, 2.45) is 0 Å². The molecule has 0 N–H and O–H groups in total. The molecular weight excluding hydrogens is 390 g/mol. The third kappa shape index (κ3) is 5.51. The first-order chi connectivity index (χ1) is 10.2. The van der Waals surface area contributed by atoms with E-state index in [1.165, 1.54) is 0 Å². The highest BCUT2D eigenvalue weighted by molar-refractivity contribution is 9.09. The van der Waals surface area contributed by atoms with E-state index in [4.69, 9.17) is 16.3 Å². The Balaban J connectivity index is 0.000000194.